The van der Waals surface area contributed by atoms with Crippen LogP contribution in [0.3, 0.4) is 0 Å². The van der Waals surface area contributed by atoms with E-state index in [0.717, 1.165) is 36.0 Å². The van der Waals surface area contributed by atoms with Crippen molar-refractivity contribution in [2.75, 3.05) is 20.1 Å². The van der Waals surface area contributed by atoms with Crippen molar-refractivity contribution in [1.29, 1.82) is 0 Å². The maximum atomic E-state index is 12.5. The average molecular weight is 351 g/mol. The van der Waals surface area contributed by atoms with Crippen molar-refractivity contribution in [3.63, 3.8) is 0 Å². The Kier molecular flexibility index (Phi) is 3.88. The van der Waals surface area contributed by atoms with Gasteiger partial charge in [-0.2, -0.15) is 0 Å². The molecule has 2 heterocycles. The minimum atomic E-state index is -0.271. The van der Waals surface area contributed by atoms with Crippen molar-refractivity contribution >= 4 is 27.7 Å². The van der Waals surface area contributed by atoms with Crippen LogP contribution in [0.1, 0.15) is 30.7 Å². The Balaban J connectivity index is 2.04. The summed E-state index contributed by atoms with van der Waals surface area (Å²) in [5.41, 5.74) is 0.720. The van der Waals surface area contributed by atoms with Crippen LogP contribution in [-0.4, -0.2) is 36.9 Å². The zero-order valence-corrected chi connectivity index (χ0v) is 13.6. The number of hydrogen-bond donors (Lipinski definition) is 1. The van der Waals surface area contributed by atoms with Crippen LogP contribution in [0.4, 0.5) is 0 Å². The van der Waals surface area contributed by atoms with E-state index in [2.05, 4.69) is 33.2 Å². The van der Waals surface area contributed by atoms with Crippen molar-refractivity contribution in [3.8, 4) is 0 Å². The number of benzene rings is 1. The minimum Gasteiger partial charge on any atom is -0.306 e. The molecule has 5 heteroatoms. The van der Waals surface area contributed by atoms with Crippen LogP contribution in [-0.2, 0) is 9.59 Å². The number of hydrogen-bond acceptors (Lipinski definition) is 3. The molecule has 0 radical (unpaired) electrons. The Morgan fingerprint density at radius 3 is 2.90 bits per heavy atom. The van der Waals surface area contributed by atoms with Crippen molar-refractivity contribution in [3.05, 3.63) is 34.3 Å². The van der Waals surface area contributed by atoms with Crippen LogP contribution in [0.15, 0.2) is 28.7 Å². The molecule has 0 aromatic heterocycles. The number of halogens is 1. The fourth-order valence-corrected chi connectivity index (χ4v) is 4.34. The van der Waals surface area contributed by atoms with Gasteiger partial charge in [-0.1, -0.05) is 28.1 Å². The second kappa shape index (κ2) is 5.54. The molecule has 2 unspecified atom stereocenters. The molecule has 2 amide bonds. The van der Waals surface area contributed by atoms with E-state index >= 15 is 0 Å². The lowest BCUT2D eigenvalue weighted by atomic mass is 9.63. The van der Waals surface area contributed by atoms with E-state index in [0.29, 0.717) is 6.42 Å². The lowest BCUT2D eigenvalue weighted by Crippen LogP contribution is -2.56. The minimum absolute atomic E-state index is 0.137. The maximum absolute atomic E-state index is 12.5. The second-order valence-electron chi connectivity index (χ2n) is 6.28. The Hall–Kier alpha value is -1.20. The lowest BCUT2D eigenvalue weighted by molar-refractivity contribution is -0.142. The zero-order valence-electron chi connectivity index (χ0n) is 12.1. The molecule has 2 aliphatic rings. The fraction of sp³-hybridized carbons (Fsp3) is 0.500. The van der Waals surface area contributed by atoms with Crippen LogP contribution in [0.5, 0.6) is 0 Å². The van der Waals surface area contributed by atoms with Gasteiger partial charge >= 0.3 is 0 Å². The molecule has 3 rings (SSSR count). The Morgan fingerprint density at radius 1 is 1.38 bits per heavy atom. The molecule has 0 saturated carbocycles. The molecule has 2 saturated heterocycles. The smallest absolute Gasteiger partial charge is 0.234 e. The molecule has 0 aliphatic carbocycles. The van der Waals surface area contributed by atoms with E-state index in [1.54, 1.807) is 0 Å². The van der Waals surface area contributed by atoms with Gasteiger partial charge in [0, 0.05) is 22.9 Å². The van der Waals surface area contributed by atoms with E-state index in [1.165, 1.54) is 0 Å². The highest BCUT2D eigenvalue weighted by Crippen LogP contribution is 2.47. The highest BCUT2D eigenvalue weighted by molar-refractivity contribution is 9.10. The average Bonchev–Trinajstić information content (AvgIpc) is 2.37. The molecular weight excluding hydrogens is 332 g/mol. The largest absolute Gasteiger partial charge is 0.306 e. The lowest BCUT2D eigenvalue weighted by Gasteiger charge is -2.48. The Labute approximate surface area is 133 Å². The summed E-state index contributed by atoms with van der Waals surface area (Å²) in [5, 5.41) is 2.52. The van der Waals surface area contributed by atoms with E-state index in [9.17, 15) is 9.59 Å². The number of imide groups is 1. The van der Waals surface area contributed by atoms with Gasteiger partial charge in [-0.3, -0.25) is 14.9 Å². The van der Waals surface area contributed by atoms with Crippen LogP contribution in [0.25, 0.3) is 0 Å². The highest BCUT2D eigenvalue weighted by Gasteiger charge is 2.50. The summed E-state index contributed by atoms with van der Waals surface area (Å²) in [6.07, 6.45) is 2.38. The molecule has 0 bridgehead atoms. The summed E-state index contributed by atoms with van der Waals surface area (Å²) >= 11 is 3.48. The first-order valence-corrected chi connectivity index (χ1v) is 8.07. The molecular formula is C16H19BrN2O2. The highest BCUT2D eigenvalue weighted by atomic mass is 79.9. The van der Waals surface area contributed by atoms with Gasteiger partial charge in [0.05, 0.1) is 5.92 Å². The number of nitrogens with zero attached hydrogens (tertiary/aromatic N) is 1. The van der Waals surface area contributed by atoms with Gasteiger partial charge in [-0.15, -0.1) is 0 Å². The third-order valence-electron chi connectivity index (χ3n) is 4.63. The van der Waals surface area contributed by atoms with Crippen molar-refractivity contribution in [1.82, 2.24) is 10.2 Å². The number of amides is 2. The number of rotatable bonds is 1. The monoisotopic (exact) mass is 350 g/mol. The summed E-state index contributed by atoms with van der Waals surface area (Å²) in [7, 11) is 2.07. The molecule has 1 aromatic carbocycles. The molecule has 2 aliphatic heterocycles. The molecule has 112 valence electrons. The third-order valence-corrected chi connectivity index (χ3v) is 5.12. The fourth-order valence-electron chi connectivity index (χ4n) is 3.92. The number of nitrogens with one attached hydrogen (secondary N) is 1. The first-order chi connectivity index (χ1) is 10.00. The van der Waals surface area contributed by atoms with E-state index in [-0.39, 0.29) is 23.1 Å². The van der Waals surface area contributed by atoms with Crippen molar-refractivity contribution in [2.24, 2.45) is 5.41 Å². The predicted molar refractivity (Wildman–Crippen MR) is 83.8 cm³/mol. The zero-order chi connectivity index (χ0) is 15.0. The molecule has 1 spiro atoms. The topological polar surface area (TPSA) is 49.4 Å². The summed E-state index contributed by atoms with van der Waals surface area (Å²) in [6, 6.07) is 7.88. The normalized spacial score (nSPS) is 30.5. The van der Waals surface area contributed by atoms with Crippen molar-refractivity contribution in [2.45, 2.75) is 25.2 Å². The van der Waals surface area contributed by atoms with Gasteiger partial charge in [0.1, 0.15) is 0 Å². The predicted octanol–water partition coefficient (Wildman–Crippen LogP) is 2.29. The molecule has 1 N–H and O–H groups in total. The molecule has 2 atom stereocenters. The Bertz CT molecular complexity index is 589. The van der Waals surface area contributed by atoms with Gasteiger partial charge in [0.2, 0.25) is 11.8 Å². The summed E-state index contributed by atoms with van der Waals surface area (Å²) in [5.74, 6) is -0.545. The molecule has 21 heavy (non-hydrogen) atoms. The quantitative estimate of drug-likeness (QED) is 0.790. The number of carbonyl (C=O) groups excluding carboxylic acids is 2. The van der Waals surface area contributed by atoms with Gasteiger partial charge < -0.3 is 4.90 Å². The van der Waals surface area contributed by atoms with Gasteiger partial charge in [0.25, 0.3) is 0 Å². The molecule has 4 nitrogen and oxygen atoms in total. The third kappa shape index (κ3) is 2.77. The number of likely N-dealkylation sites (tertiary alicyclic amines) is 1. The maximum Gasteiger partial charge on any atom is 0.234 e. The van der Waals surface area contributed by atoms with Gasteiger partial charge in [-0.05, 0) is 44.1 Å². The van der Waals surface area contributed by atoms with Gasteiger partial charge in [0.15, 0.2) is 0 Å². The van der Waals surface area contributed by atoms with Gasteiger partial charge in [-0.25, -0.2) is 0 Å². The summed E-state index contributed by atoms with van der Waals surface area (Å²) < 4.78 is 0.962. The summed E-state index contributed by atoms with van der Waals surface area (Å²) in [6.45, 7) is 1.83. The SMILES string of the molecule is CN1CCCC2(CC(=O)NC(=O)C2c2cccc(Br)c2)C1. The van der Waals surface area contributed by atoms with E-state index in [4.69, 9.17) is 0 Å². The standard InChI is InChI=1S/C16H19BrN2O2/c1-19-7-3-6-16(10-19)9-13(20)18-15(21)14(16)11-4-2-5-12(17)8-11/h2,4-5,8,14H,3,6-7,9-10H2,1H3,(H,18,20,21). The Morgan fingerprint density at radius 2 is 2.19 bits per heavy atom. The number of piperidine rings is 2. The second-order valence-corrected chi connectivity index (χ2v) is 7.20. The van der Waals surface area contributed by atoms with Crippen LogP contribution >= 0.6 is 15.9 Å². The molecule has 1 aromatic rings. The molecule has 2 fully saturated rings. The van der Waals surface area contributed by atoms with Crippen LogP contribution < -0.4 is 5.32 Å². The van der Waals surface area contributed by atoms with Crippen LogP contribution in [0, 0.1) is 5.41 Å². The van der Waals surface area contributed by atoms with E-state index < -0.39 is 0 Å². The van der Waals surface area contributed by atoms with E-state index in [1.807, 2.05) is 24.3 Å². The summed E-state index contributed by atoms with van der Waals surface area (Å²) in [4.78, 5) is 26.7. The van der Waals surface area contributed by atoms with Crippen LogP contribution in [0.2, 0.25) is 0 Å². The number of carbonyl (C=O) groups is 2. The first kappa shape index (κ1) is 14.7. The van der Waals surface area contributed by atoms with Crippen molar-refractivity contribution < 1.29 is 9.59 Å². The first-order valence-electron chi connectivity index (χ1n) is 7.28.